The van der Waals surface area contributed by atoms with Gasteiger partial charge >= 0.3 is 0 Å². The summed E-state index contributed by atoms with van der Waals surface area (Å²) < 4.78 is 9.29. The van der Waals surface area contributed by atoms with Crippen LogP contribution in [0, 0.1) is 5.92 Å². The second kappa shape index (κ2) is 12.8. The van der Waals surface area contributed by atoms with E-state index < -0.39 is 0 Å². The fraction of sp³-hybridized carbons (Fsp3) is 0.375. The number of hydrogen-bond acceptors (Lipinski definition) is 3. The Morgan fingerprint density at radius 3 is 2.63 bits per heavy atom. The van der Waals surface area contributed by atoms with Gasteiger partial charge in [-0.1, -0.05) is 72.9 Å². The average molecular weight is 701 g/mol. The van der Waals surface area contributed by atoms with Crippen molar-refractivity contribution in [3.63, 3.8) is 0 Å². The average Bonchev–Trinajstić information content (AvgIpc) is 3.88. The minimum atomic E-state index is 0.258. The molecule has 11 rings (SSSR count). The van der Waals surface area contributed by atoms with Crippen molar-refractivity contribution in [1.29, 1.82) is 0 Å². The highest BCUT2D eigenvalue weighted by molar-refractivity contribution is 8.04. The van der Waals surface area contributed by atoms with Crippen LogP contribution in [0.4, 0.5) is 5.69 Å². The van der Waals surface area contributed by atoms with Gasteiger partial charge in [0, 0.05) is 56.9 Å². The van der Waals surface area contributed by atoms with Crippen molar-refractivity contribution in [2.75, 3.05) is 4.90 Å². The number of benzene rings is 1. The Hall–Kier alpha value is -4.15. The summed E-state index contributed by atoms with van der Waals surface area (Å²) >= 11 is 2.15. The molecule has 8 aliphatic rings. The summed E-state index contributed by atoms with van der Waals surface area (Å²) in [6.45, 7) is 0. The summed E-state index contributed by atoms with van der Waals surface area (Å²) in [6, 6.07) is 7.40. The lowest BCUT2D eigenvalue weighted by molar-refractivity contribution is 0.514. The van der Waals surface area contributed by atoms with Crippen molar-refractivity contribution in [3.05, 3.63) is 134 Å². The number of thioether (sulfide) groups is 1. The first-order chi connectivity index (χ1) is 25.8. The summed E-state index contributed by atoms with van der Waals surface area (Å²) in [7, 11) is 0. The van der Waals surface area contributed by atoms with E-state index in [-0.39, 0.29) is 6.04 Å². The largest absolute Gasteiger partial charge is 0.460 e. The quantitative estimate of drug-likeness (QED) is 0.247. The van der Waals surface area contributed by atoms with Crippen LogP contribution in [0.15, 0.2) is 105 Å². The van der Waals surface area contributed by atoms with E-state index in [1.165, 1.54) is 78.7 Å². The normalized spacial score (nSPS) is 27.1. The van der Waals surface area contributed by atoms with Crippen LogP contribution in [0.25, 0.3) is 34.9 Å². The Labute approximate surface area is 312 Å². The third kappa shape index (κ3) is 5.07. The molecule has 3 heterocycles. The summed E-state index contributed by atoms with van der Waals surface area (Å²) in [5.74, 6) is 1.73. The van der Waals surface area contributed by atoms with Gasteiger partial charge in [-0.05, 0) is 136 Å². The van der Waals surface area contributed by atoms with Crippen LogP contribution in [-0.2, 0) is 19.3 Å². The molecular formula is C48H48N2OS. The van der Waals surface area contributed by atoms with Crippen molar-refractivity contribution >= 4 is 52.3 Å². The Balaban J connectivity index is 1.03. The van der Waals surface area contributed by atoms with Gasteiger partial charge in [0.15, 0.2) is 0 Å². The first kappa shape index (κ1) is 31.4. The molecule has 1 aromatic carbocycles. The lowest BCUT2D eigenvalue weighted by Gasteiger charge is -2.42. The molecule has 4 unspecified atom stereocenters. The van der Waals surface area contributed by atoms with Crippen molar-refractivity contribution in [2.24, 2.45) is 5.92 Å². The van der Waals surface area contributed by atoms with E-state index in [2.05, 4.69) is 118 Å². The van der Waals surface area contributed by atoms with Gasteiger partial charge in [0.25, 0.3) is 0 Å². The van der Waals surface area contributed by atoms with Crippen LogP contribution >= 0.6 is 11.8 Å². The number of fused-ring (bicyclic) bond motifs is 8. The molecule has 0 amide bonds. The van der Waals surface area contributed by atoms with Crippen LogP contribution in [0.1, 0.15) is 104 Å². The van der Waals surface area contributed by atoms with Crippen LogP contribution < -0.4 is 4.90 Å². The monoisotopic (exact) mass is 700 g/mol. The number of furan rings is 1. The van der Waals surface area contributed by atoms with Crippen LogP contribution in [0.2, 0.25) is 0 Å². The molecule has 1 aliphatic heterocycles. The summed E-state index contributed by atoms with van der Waals surface area (Å²) in [5, 5.41) is 1.90. The molecule has 3 nitrogen and oxygen atoms in total. The van der Waals surface area contributed by atoms with E-state index in [0.29, 0.717) is 17.2 Å². The van der Waals surface area contributed by atoms with Gasteiger partial charge in [-0.2, -0.15) is 0 Å². The Kier molecular flexibility index (Phi) is 7.70. The van der Waals surface area contributed by atoms with Gasteiger partial charge in [-0.25, -0.2) is 0 Å². The lowest BCUT2D eigenvalue weighted by Crippen LogP contribution is -2.46. The molecule has 0 N–H and O–H groups in total. The van der Waals surface area contributed by atoms with E-state index in [0.717, 1.165) is 56.3 Å². The second-order valence-corrected chi connectivity index (χ2v) is 17.4. The third-order valence-electron chi connectivity index (χ3n) is 13.2. The maximum absolute atomic E-state index is 6.59. The second-order valence-electron chi connectivity index (χ2n) is 16.1. The minimum absolute atomic E-state index is 0.258. The molecular weight excluding hydrogens is 653 g/mol. The molecule has 7 aliphatic carbocycles. The SMILES string of the molecule is C1=CCCC(C2=Cc3c(c4c(n3C3=CCCCC3)C=CC(N(c3cccc5oc6c(c35)C=CCC6)C3C=CC5C6=C(C=CCC6)SC5C3)C4)CC2)=C1. The maximum Gasteiger partial charge on any atom is 0.137 e. The highest BCUT2D eigenvalue weighted by Gasteiger charge is 2.41. The Bertz CT molecular complexity index is 2270. The number of hydrogen-bond donors (Lipinski definition) is 0. The van der Waals surface area contributed by atoms with Crippen molar-refractivity contribution in [1.82, 2.24) is 4.57 Å². The van der Waals surface area contributed by atoms with E-state index >= 15 is 0 Å². The lowest BCUT2D eigenvalue weighted by atomic mass is 9.82. The molecule has 0 saturated heterocycles. The van der Waals surface area contributed by atoms with Crippen molar-refractivity contribution in [2.45, 2.75) is 107 Å². The van der Waals surface area contributed by atoms with Gasteiger partial charge in [0.2, 0.25) is 0 Å². The number of rotatable bonds is 5. The summed E-state index contributed by atoms with van der Waals surface area (Å²) in [6.07, 6.45) is 48.1. The first-order valence-corrected chi connectivity index (χ1v) is 21.1. The highest BCUT2D eigenvalue weighted by atomic mass is 32.2. The molecule has 4 heteroatoms. The maximum atomic E-state index is 6.59. The highest BCUT2D eigenvalue weighted by Crippen LogP contribution is 2.52. The molecule has 0 bridgehead atoms. The van der Waals surface area contributed by atoms with Gasteiger partial charge in [-0.3, -0.25) is 0 Å². The zero-order valence-corrected chi connectivity index (χ0v) is 31.0. The first-order valence-electron chi connectivity index (χ1n) is 20.2. The fourth-order valence-corrected chi connectivity index (χ4v) is 12.3. The number of aromatic nitrogens is 1. The predicted molar refractivity (Wildman–Crippen MR) is 220 cm³/mol. The topological polar surface area (TPSA) is 21.3 Å². The van der Waals surface area contributed by atoms with Crippen LogP contribution in [-0.4, -0.2) is 21.9 Å². The Morgan fingerprint density at radius 1 is 0.769 bits per heavy atom. The smallest absolute Gasteiger partial charge is 0.137 e. The van der Waals surface area contributed by atoms with Gasteiger partial charge in [-0.15, -0.1) is 11.8 Å². The molecule has 0 spiro atoms. The van der Waals surface area contributed by atoms with E-state index in [1.54, 1.807) is 32.8 Å². The zero-order chi connectivity index (χ0) is 34.2. The Morgan fingerprint density at radius 2 is 1.71 bits per heavy atom. The zero-order valence-electron chi connectivity index (χ0n) is 30.2. The van der Waals surface area contributed by atoms with Crippen molar-refractivity contribution < 1.29 is 4.42 Å². The molecule has 3 aromatic rings. The van der Waals surface area contributed by atoms with E-state index in [9.17, 15) is 0 Å². The van der Waals surface area contributed by atoms with E-state index in [4.69, 9.17) is 4.42 Å². The fourth-order valence-electron chi connectivity index (χ4n) is 10.7. The van der Waals surface area contributed by atoms with Crippen LogP contribution in [0.3, 0.4) is 0 Å². The molecule has 52 heavy (non-hydrogen) atoms. The molecule has 0 fully saturated rings. The van der Waals surface area contributed by atoms with Gasteiger partial charge < -0.3 is 13.9 Å². The van der Waals surface area contributed by atoms with Crippen LogP contribution in [0.5, 0.6) is 0 Å². The molecule has 4 atom stereocenters. The summed E-state index contributed by atoms with van der Waals surface area (Å²) in [4.78, 5) is 4.38. The minimum Gasteiger partial charge on any atom is -0.460 e. The molecule has 0 radical (unpaired) electrons. The van der Waals surface area contributed by atoms with Gasteiger partial charge in [0.05, 0.1) is 11.4 Å². The van der Waals surface area contributed by atoms with E-state index in [1.807, 2.05) is 0 Å². The number of nitrogens with zero attached hydrogens (tertiary/aromatic N) is 2. The predicted octanol–water partition coefficient (Wildman–Crippen LogP) is 12.3. The number of aryl methyl sites for hydroxylation is 1. The molecule has 0 saturated carbocycles. The third-order valence-corrected chi connectivity index (χ3v) is 14.6. The molecule has 2 aromatic heterocycles. The standard InChI is InChI=1S/C48H48N2OS/c1-3-12-31(13-4-1)32-22-25-36-40-29-34(24-27-41(40)50(43(36)28-32)33-14-5-2-6-15-33)49(35-23-26-38-37-16-8-10-21-46(37)52-47(38)30-35)42-18-11-20-45-48(42)39-17-7-9-19-44(39)51-45/h1,3,7,10-12,14,17-18,20-21,23-24,26-28,34-35,38,47H,2,4-6,8-9,13,15-16,19,22,25,29-30H2. The summed E-state index contributed by atoms with van der Waals surface area (Å²) in [5.41, 5.74) is 16.1. The number of allylic oxidation sites excluding steroid dienone is 12. The van der Waals surface area contributed by atoms with Gasteiger partial charge in [0.1, 0.15) is 11.3 Å². The van der Waals surface area contributed by atoms with Crippen molar-refractivity contribution in [3.8, 4) is 0 Å². The molecule has 262 valence electrons. The number of anilines is 1.